The van der Waals surface area contributed by atoms with E-state index in [1.165, 1.54) is 30.1 Å². The van der Waals surface area contributed by atoms with E-state index in [0.717, 1.165) is 42.1 Å². The summed E-state index contributed by atoms with van der Waals surface area (Å²) in [4.78, 5) is 28.7. The molecule has 5 rings (SSSR count). The summed E-state index contributed by atoms with van der Waals surface area (Å²) in [6.45, 7) is 2.60. The third-order valence-electron chi connectivity index (χ3n) is 5.83. The van der Waals surface area contributed by atoms with E-state index in [-0.39, 0.29) is 25.1 Å². The first-order valence-electron chi connectivity index (χ1n) is 11.0. The van der Waals surface area contributed by atoms with Crippen LogP contribution in [0.3, 0.4) is 0 Å². The lowest BCUT2D eigenvalue weighted by Gasteiger charge is -2.27. The highest BCUT2D eigenvalue weighted by Gasteiger charge is 2.29. The second-order valence-electron chi connectivity index (χ2n) is 8.08. The number of carbonyl (C=O) groups is 2. The summed E-state index contributed by atoms with van der Waals surface area (Å²) in [6, 6.07) is 15.8. The first kappa shape index (κ1) is 24.8. The van der Waals surface area contributed by atoms with E-state index in [0.29, 0.717) is 22.1 Å². The standard InChI is InChI=1S/C26H24N2O5S.ClH/c1-31-26(30)24-19-11-12-28(14-18-5-3-2-4-6-18)15-22(19)34-25(24)27-23(29)10-8-17-7-9-20-21(13-17)33-16-32-20;/h2-10,13H,11-12,14-16H2,1H3,(H,27,29);1H/b10-8+;. The minimum absolute atomic E-state index is 0. The molecule has 0 saturated heterocycles. The number of amides is 1. The van der Waals surface area contributed by atoms with Crippen molar-refractivity contribution in [3.8, 4) is 11.5 Å². The van der Waals surface area contributed by atoms with Crippen molar-refractivity contribution in [3.05, 3.63) is 81.7 Å². The van der Waals surface area contributed by atoms with Gasteiger partial charge in [-0.3, -0.25) is 9.69 Å². The number of nitrogens with zero attached hydrogens (tertiary/aromatic N) is 1. The third-order valence-corrected chi connectivity index (χ3v) is 6.97. The smallest absolute Gasteiger partial charge is 0.341 e. The minimum atomic E-state index is -0.427. The Morgan fingerprint density at radius 3 is 2.74 bits per heavy atom. The largest absolute Gasteiger partial charge is 0.465 e. The summed E-state index contributed by atoms with van der Waals surface area (Å²) < 4.78 is 15.7. The maximum Gasteiger partial charge on any atom is 0.341 e. The molecule has 182 valence electrons. The number of hydrogen-bond acceptors (Lipinski definition) is 7. The molecule has 0 spiro atoms. The predicted molar refractivity (Wildman–Crippen MR) is 137 cm³/mol. The van der Waals surface area contributed by atoms with Gasteiger partial charge in [-0.2, -0.15) is 0 Å². The molecule has 1 N–H and O–H groups in total. The molecule has 0 bridgehead atoms. The van der Waals surface area contributed by atoms with Crippen LogP contribution in [0.5, 0.6) is 11.5 Å². The maximum atomic E-state index is 12.7. The zero-order chi connectivity index (χ0) is 23.5. The number of rotatable bonds is 6. The van der Waals surface area contributed by atoms with Crippen molar-refractivity contribution in [3.63, 3.8) is 0 Å². The van der Waals surface area contributed by atoms with E-state index in [2.05, 4.69) is 22.3 Å². The van der Waals surface area contributed by atoms with E-state index in [1.54, 1.807) is 6.08 Å². The Hall–Kier alpha value is -3.33. The molecule has 0 aliphatic carbocycles. The topological polar surface area (TPSA) is 77.1 Å². The van der Waals surface area contributed by atoms with Crippen molar-refractivity contribution in [2.45, 2.75) is 19.5 Å². The van der Waals surface area contributed by atoms with E-state index in [4.69, 9.17) is 14.2 Å². The lowest BCUT2D eigenvalue weighted by Crippen LogP contribution is -2.29. The van der Waals surface area contributed by atoms with Crippen molar-refractivity contribution in [2.75, 3.05) is 25.8 Å². The molecular weight excluding hydrogens is 488 g/mol. The Labute approximate surface area is 213 Å². The van der Waals surface area contributed by atoms with Crippen LogP contribution in [0.4, 0.5) is 5.00 Å². The Morgan fingerprint density at radius 1 is 1.14 bits per heavy atom. The van der Waals surface area contributed by atoms with E-state index < -0.39 is 5.97 Å². The van der Waals surface area contributed by atoms with Gasteiger partial charge in [0.25, 0.3) is 0 Å². The highest BCUT2D eigenvalue weighted by molar-refractivity contribution is 7.17. The number of esters is 1. The van der Waals surface area contributed by atoms with Crippen LogP contribution in [0.15, 0.2) is 54.6 Å². The van der Waals surface area contributed by atoms with Gasteiger partial charge < -0.3 is 19.5 Å². The number of hydrogen-bond donors (Lipinski definition) is 1. The third kappa shape index (κ3) is 5.51. The molecule has 2 aromatic carbocycles. The molecule has 9 heteroatoms. The monoisotopic (exact) mass is 512 g/mol. The summed E-state index contributed by atoms with van der Waals surface area (Å²) in [6.07, 6.45) is 3.87. The zero-order valence-corrected chi connectivity index (χ0v) is 20.7. The Balaban J connectivity index is 0.00000289. The number of anilines is 1. The number of halogens is 1. The SMILES string of the molecule is COC(=O)c1c(NC(=O)/C=C/c2ccc3c(c2)OCO3)sc2c1CCN(Cc1ccccc1)C2.Cl. The maximum absolute atomic E-state index is 12.7. The van der Waals surface area contributed by atoms with Crippen LogP contribution in [0.2, 0.25) is 0 Å². The lowest BCUT2D eigenvalue weighted by molar-refractivity contribution is -0.111. The van der Waals surface area contributed by atoms with Crippen molar-refractivity contribution in [2.24, 2.45) is 0 Å². The molecule has 0 fully saturated rings. The fourth-order valence-electron chi connectivity index (χ4n) is 4.18. The van der Waals surface area contributed by atoms with Crippen LogP contribution in [0.25, 0.3) is 6.08 Å². The van der Waals surface area contributed by atoms with Gasteiger partial charge in [0.1, 0.15) is 5.00 Å². The van der Waals surface area contributed by atoms with Crippen LogP contribution in [-0.2, 0) is 29.0 Å². The van der Waals surface area contributed by atoms with Gasteiger partial charge in [-0.05, 0) is 41.3 Å². The van der Waals surface area contributed by atoms with Gasteiger partial charge in [0.2, 0.25) is 12.7 Å². The number of carbonyl (C=O) groups excluding carboxylic acids is 2. The molecule has 3 aromatic rings. The van der Waals surface area contributed by atoms with Gasteiger partial charge in [0.05, 0.1) is 12.7 Å². The number of fused-ring (bicyclic) bond motifs is 2. The molecule has 2 aliphatic heterocycles. The summed E-state index contributed by atoms with van der Waals surface area (Å²) in [5.41, 5.74) is 3.50. The van der Waals surface area contributed by atoms with Crippen LogP contribution < -0.4 is 14.8 Å². The van der Waals surface area contributed by atoms with E-state index >= 15 is 0 Å². The van der Waals surface area contributed by atoms with Crippen molar-refractivity contribution in [1.29, 1.82) is 0 Å². The zero-order valence-electron chi connectivity index (χ0n) is 19.1. The van der Waals surface area contributed by atoms with Gasteiger partial charge in [-0.15, -0.1) is 23.7 Å². The average molecular weight is 513 g/mol. The number of ether oxygens (including phenoxy) is 3. The fourth-order valence-corrected chi connectivity index (χ4v) is 5.46. The van der Waals surface area contributed by atoms with Gasteiger partial charge >= 0.3 is 5.97 Å². The summed E-state index contributed by atoms with van der Waals surface area (Å²) >= 11 is 1.44. The van der Waals surface area contributed by atoms with Gasteiger partial charge in [-0.25, -0.2) is 4.79 Å². The van der Waals surface area contributed by atoms with Gasteiger partial charge in [-0.1, -0.05) is 36.4 Å². The molecular formula is C26H25ClN2O5S. The average Bonchev–Trinajstić information content (AvgIpc) is 3.46. The first-order chi connectivity index (χ1) is 16.6. The molecule has 0 unspecified atom stereocenters. The number of benzene rings is 2. The van der Waals surface area contributed by atoms with E-state index in [9.17, 15) is 9.59 Å². The summed E-state index contributed by atoms with van der Waals surface area (Å²) in [5.74, 6) is 0.600. The molecule has 2 aliphatic rings. The normalized spacial score (nSPS) is 14.3. The van der Waals surface area contributed by atoms with Crippen molar-refractivity contribution >= 4 is 46.7 Å². The molecule has 35 heavy (non-hydrogen) atoms. The number of nitrogens with one attached hydrogen (secondary N) is 1. The molecule has 7 nitrogen and oxygen atoms in total. The second kappa shape index (κ2) is 10.9. The quantitative estimate of drug-likeness (QED) is 0.374. The molecule has 0 saturated carbocycles. The van der Waals surface area contributed by atoms with Crippen LogP contribution >= 0.6 is 23.7 Å². The highest BCUT2D eigenvalue weighted by Crippen LogP contribution is 2.38. The van der Waals surface area contributed by atoms with Gasteiger partial charge in [0, 0.05) is 30.6 Å². The van der Waals surface area contributed by atoms with Crippen LogP contribution in [-0.4, -0.2) is 37.2 Å². The fraction of sp³-hybridized carbons (Fsp3) is 0.231. The highest BCUT2D eigenvalue weighted by atomic mass is 35.5. The molecule has 0 atom stereocenters. The Bertz CT molecular complexity index is 1260. The van der Waals surface area contributed by atoms with Crippen molar-refractivity contribution in [1.82, 2.24) is 4.90 Å². The lowest BCUT2D eigenvalue weighted by atomic mass is 10.0. The Morgan fingerprint density at radius 2 is 1.94 bits per heavy atom. The van der Waals surface area contributed by atoms with Crippen molar-refractivity contribution < 1.29 is 23.8 Å². The Kier molecular flexibility index (Phi) is 7.75. The molecule has 0 radical (unpaired) electrons. The van der Waals surface area contributed by atoms with E-state index in [1.807, 2.05) is 36.4 Å². The van der Waals surface area contributed by atoms with Crippen LogP contribution in [0.1, 0.15) is 31.9 Å². The minimum Gasteiger partial charge on any atom is -0.465 e. The van der Waals surface area contributed by atoms with Crippen LogP contribution in [0, 0.1) is 0 Å². The molecule has 1 aromatic heterocycles. The predicted octanol–water partition coefficient (Wildman–Crippen LogP) is 4.90. The number of methoxy groups -OCH3 is 1. The van der Waals surface area contributed by atoms with Gasteiger partial charge in [0.15, 0.2) is 11.5 Å². The molecule has 1 amide bonds. The first-order valence-corrected chi connectivity index (χ1v) is 11.8. The second-order valence-corrected chi connectivity index (χ2v) is 9.19. The summed E-state index contributed by atoms with van der Waals surface area (Å²) in [7, 11) is 1.36. The number of thiophene rings is 1. The molecule has 3 heterocycles. The summed E-state index contributed by atoms with van der Waals surface area (Å²) in [5, 5.41) is 3.41.